The zero-order chi connectivity index (χ0) is 6.57. The Labute approximate surface area is 48.9 Å². The van der Waals surface area contributed by atoms with E-state index in [0.717, 1.165) is 0 Å². The van der Waals surface area contributed by atoms with Crippen LogP contribution in [-0.4, -0.2) is 22.7 Å². The van der Waals surface area contributed by atoms with Crippen molar-refractivity contribution in [3.63, 3.8) is 0 Å². The van der Waals surface area contributed by atoms with E-state index in [1.54, 1.807) is 0 Å². The molecule has 0 aliphatic carbocycles. The van der Waals surface area contributed by atoms with Crippen LogP contribution in [0.5, 0.6) is 0 Å². The third-order valence-electron chi connectivity index (χ3n) is 0.733. The summed E-state index contributed by atoms with van der Waals surface area (Å²) in [5.74, 6) is -0.339. The lowest BCUT2D eigenvalue weighted by Crippen LogP contribution is -2.24. The lowest BCUT2D eigenvalue weighted by molar-refractivity contribution is -0.162. The molecule has 0 aromatic carbocycles. The van der Waals surface area contributed by atoms with Crippen molar-refractivity contribution >= 4 is 5.91 Å². The lowest BCUT2D eigenvalue weighted by atomic mass is 10.5. The predicted molar refractivity (Wildman–Crippen MR) is 29.1 cm³/mol. The van der Waals surface area contributed by atoms with Gasteiger partial charge in [-0.15, -0.1) is 0 Å². The zero-order valence-electron chi connectivity index (χ0n) is 4.92. The van der Waals surface area contributed by atoms with Crippen LogP contribution in [0.3, 0.4) is 0 Å². The first-order chi connectivity index (χ1) is 3.68. The van der Waals surface area contributed by atoms with Crippen molar-refractivity contribution in [2.75, 3.05) is 6.54 Å². The van der Waals surface area contributed by atoms with Gasteiger partial charge in [0, 0.05) is 13.5 Å². The zero-order valence-corrected chi connectivity index (χ0v) is 4.92. The van der Waals surface area contributed by atoms with Gasteiger partial charge in [0.25, 0.3) is 0 Å². The van der Waals surface area contributed by atoms with Gasteiger partial charge in [0.05, 0.1) is 0 Å². The largest absolute Gasteiger partial charge is 0.286 e. The molecule has 0 saturated carbocycles. The van der Waals surface area contributed by atoms with Crippen LogP contribution in [0.15, 0.2) is 0 Å². The average molecular weight is 116 g/mol. The van der Waals surface area contributed by atoms with Crippen LogP contribution in [0.25, 0.3) is 0 Å². The summed E-state index contributed by atoms with van der Waals surface area (Å²) in [5.41, 5.74) is 0. The van der Waals surface area contributed by atoms with Gasteiger partial charge >= 0.3 is 0 Å². The Hall–Kier alpha value is -0.570. The third-order valence-corrected chi connectivity index (χ3v) is 0.733. The van der Waals surface area contributed by atoms with E-state index in [9.17, 15) is 4.79 Å². The van der Waals surface area contributed by atoms with Crippen LogP contribution in [0.4, 0.5) is 0 Å². The number of nitrogens with zero attached hydrogens (tertiary/aromatic N) is 1. The highest BCUT2D eigenvalue weighted by Gasteiger charge is 1.99. The maximum absolute atomic E-state index is 10.2. The molecule has 0 rings (SSSR count). The molecular weight excluding hydrogens is 106 g/mol. The fourth-order valence-electron chi connectivity index (χ4n) is 0.307. The average Bonchev–Trinajstić information content (AvgIpc) is 1.67. The van der Waals surface area contributed by atoms with Gasteiger partial charge in [0.2, 0.25) is 5.91 Å². The van der Waals surface area contributed by atoms with Crippen LogP contribution >= 0.6 is 0 Å². The molecule has 0 aromatic rings. The van der Waals surface area contributed by atoms with Crippen molar-refractivity contribution in [2.24, 2.45) is 0 Å². The van der Waals surface area contributed by atoms with E-state index < -0.39 is 0 Å². The van der Waals surface area contributed by atoms with Gasteiger partial charge in [-0.1, -0.05) is 6.92 Å². The lowest BCUT2D eigenvalue weighted by Gasteiger charge is -2.08. The number of carbonyl (C=O) groups is 1. The topological polar surface area (TPSA) is 40.5 Å². The Balaban J connectivity index is 3.32. The highest BCUT2D eigenvalue weighted by Crippen LogP contribution is 1.83. The van der Waals surface area contributed by atoms with Crippen molar-refractivity contribution in [3.8, 4) is 0 Å². The molecule has 47 valence electrons. The molecule has 0 fully saturated rings. The molecule has 1 N–H and O–H groups in total. The van der Waals surface area contributed by atoms with E-state index in [1.165, 1.54) is 6.92 Å². The number of hydrogen-bond acceptors (Lipinski definition) is 2. The first kappa shape index (κ1) is 7.43. The summed E-state index contributed by atoms with van der Waals surface area (Å²) in [6.45, 7) is 5.07. The Morgan fingerprint density at radius 2 is 2.38 bits per heavy atom. The van der Waals surface area contributed by atoms with Crippen LogP contribution in [-0.2, 0) is 4.79 Å². The highest BCUT2D eigenvalue weighted by molar-refractivity contribution is 5.71. The molecule has 0 atom stereocenters. The van der Waals surface area contributed by atoms with E-state index >= 15 is 0 Å². The van der Waals surface area contributed by atoms with Gasteiger partial charge in [0.15, 0.2) is 0 Å². The van der Waals surface area contributed by atoms with Gasteiger partial charge in [-0.3, -0.25) is 10.0 Å². The first-order valence-electron chi connectivity index (χ1n) is 2.44. The van der Waals surface area contributed by atoms with Crippen LogP contribution in [0, 0.1) is 6.92 Å². The van der Waals surface area contributed by atoms with E-state index in [1.807, 2.05) is 0 Å². The Morgan fingerprint density at radius 3 is 2.50 bits per heavy atom. The first-order valence-corrected chi connectivity index (χ1v) is 2.44. The van der Waals surface area contributed by atoms with E-state index in [4.69, 9.17) is 5.21 Å². The van der Waals surface area contributed by atoms with Crippen LogP contribution < -0.4 is 0 Å². The Kier molecular flexibility index (Phi) is 3.19. The number of amides is 1. The van der Waals surface area contributed by atoms with Crippen LogP contribution in [0.1, 0.15) is 13.3 Å². The summed E-state index contributed by atoms with van der Waals surface area (Å²) in [7, 11) is 0. The highest BCUT2D eigenvalue weighted by atomic mass is 16.5. The van der Waals surface area contributed by atoms with Crippen molar-refractivity contribution in [2.45, 2.75) is 13.3 Å². The molecule has 0 bridgehead atoms. The van der Waals surface area contributed by atoms with Crippen molar-refractivity contribution in [3.05, 3.63) is 6.92 Å². The molecule has 0 aromatic heterocycles. The summed E-state index contributed by atoms with van der Waals surface area (Å²) in [4.78, 5) is 10.2. The SMILES string of the molecule is [CH2]CCN(O)C(C)=O. The molecule has 0 aliphatic heterocycles. The maximum atomic E-state index is 10.2. The minimum atomic E-state index is -0.339. The molecule has 1 radical (unpaired) electrons. The monoisotopic (exact) mass is 116 g/mol. The molecular formula is C5H10NO2. The smallest absolute Gasteiger partial charge is 0.242 e. The maximum Gasteiger partial charge on any atom is 0.242 e. The fourth-order valence-corrected chi connectivity index (χ4v) is 0.307. The standard InChI is InChI=1S/C5H10NO2/c1-3-4-6(8)5(2)7/h8H,1,3-4H2,2H3. The van der Waals surface area contributed by atoms with Gasteiger partial charge in [-0.05, 0) is 6.42 Å². The van der Waals surface area contributed by atoms with Gasteiger partial charge in [-0.25, -0.2) is 5.06 Å². The van der Waals surface area contributed by atoms with E-state index in [2.05, 4.69) is 6.92 Å². The molecule has 0 spiro atoms. The molecule has 8 heavy (non-hydrogen) atoms. The minimum absolute atomic E-state index is 0.315. The molecule has 3 heteroatoms. The quantitative estimate of drug-likeness (QED) is 0.420. The summed E-state index contributed by atoms with van der Waals surface area (Å²) < 4.78 is 0. The van der Waals surface area contributed by atoms with Gasteiger partial charge in [-0.2, -0.15) is 0 Å². The molecule has 0 saturated heterocycles. The van der Waals surface area contributed by atoms with Crippen molar-refractivity contribution in [1.29, 1.82) is 0 Å². The number of rotatable bonds is 2. The second-order valence-corrected chi connectivity index (χ2v) is 1.50. The summed E-state index contributed by atoms with van der Waals surface area (Å²) in [5, 5.41) is 9.22. The normalized spacial score (nSPS) is 8.88. The molecule has 1 amide bonds. The second-order valence-electron chi connectivity index (χ2n) is 1.50. The molecule has 0 heterocycles. The minimum Gasteiger partial charge on any atom is -0.286 e. The summed E-state index contributed by atoms with van der Waals surface area (Å²) in [6, 6.07) is 0. The van der Waals surface area contributed by atoms with Gasteiger partial charge in [0.1, 0.15) is 0 Å². The Bertz CT molecular complexity index is 82.5. The molecule has 0 unspecified atom stereocenters. The second kappa shape index (κ2) is 3.43. The number of hydrogen-bond donors (Lipinski definition) is 1. The molecule has 3 nitrogen and oxygen atoms in total. The van der Waals surface area contributed by atoms with Crippen molar-refractivity contribution < 1.29 is 10.0 Å². The van der Waals surface area contributed by atoms with E-state index in [0.29, 0.717) is 18.0 Å². The fraction of sp³-hybridized carbons (Fsp3) is 0.600. The molecule has 0 aliphatic rings. The van der Waals surface area contributed by atoms with Gasteiger partial charge < -0.3 is 0 Å². The Morgan fingerprint density at radius 1 is 1.88 bits per heavy atom. The summed E-state index contributed by atoms with van der Waals surface area (Å²) in [6.07, 6.45) is 0.538. The van der Waals surface area contributed by atoms with Crippen LogP contribution in [0.2, 0.25) is 0 Å². The van der Waals surface area contributed by atoms with E-state index in [-0.39, 0.29) is 5.91 Å². The predicted octanol–water partition coefficient (Wildman–Crippen LogP) is 0.448. The third kappa shape index (κ3) is 2.58. The summed E-state index contributed by atoms with van der Waals surface area (Å²) >= 11 is 0. The number of hydroxylamine groups is 2. The number of carbonyl (C=O) groups excluding carboxylic acids is 1. The van der Waals surface area contributed by atoms with Crippen molar-refractivity contribution in [1.82, 2.24) is 5.06 Å².